The third kappa shape index (κ3) is 4.69. The Labute approximate surface area is 176 Å². The zero-order valence-electron chi connectivity index (χ0n) is 16.9. The van der Waals surface area contributed by atoms with E-state index < -0.39 is 5.91 Å². The van der Waals surface area contributed by atoms with Crippen molar-refractivity contribution in [1.82, 2.24) is 10.2 Å². The number of carbonyl (C=O) groups is 2. The number of hydrogen-bond acceptors (Lipinski definition) is 3. The maximum absolute atomic E-state index is 12.7. The normalized spacial score (nSPS) is 18.9. The molecular weight excluding hydrogens is 386 g/mol. The van der Waals surface area contributed by atoms with Gasteiger partial charge in [0.1, 0.15) is 0 Å². The summed E-state index contributed by atoms with van der Waals surface area (Å²) in [6, 6.07) is 15.1. The number of nitrogens with one attached hydrogen (secondary N) is 1. The zero-order valence-corrected chi connectivity index (χ0v) is 17.7. The lowest BCUT2D eigenvalue weighted by Gasteiger charge is -2.25. The van der Waals surface area contributed by atoms with Crippen molar-refractivity contribution in [1.29, 1.82) is 0 Å². The summed E-state index contributed by atoms with van der Waals surface area (Å²) >= 11 is 6.33. The molecule has 0 fully saturated rings. The van der Waals surface area contributed by atoms with E-state index in [0.29, 0.717) is 23.6 Å². The SMILES string of the molecule is CN(C)[C@H](CNC(=O)C1=C[C@@]1(C)c1ccccc1)Cc1ccc(C(N)=O)cc1Cl. The minimum atomic E-state index is -0.506. The first kappa shape index (κ1) is 21.1. The molecule has 0 heterocycles. The van der Waals surface area contributed by atoms with Crippen molar-refractivity contribution in [2.45, 2.75) is 24.8 Å². The molecule has 0 spiro atoms. The second-order valence-electron chi connectivity index (χ2n) is 7.83. The topological polar surface area (TPSA) is 75.4 Å². The first-order valence-corrected chi connectivity index (χ1v) is 9.92. The molecule has 3 rings (SSSR count). The van der Waals surface area contributed by atoms with E-state index in [1.165, 1.54) is 0 Å². The summed E-state index contributed by atoms with van der Waals surface area (Å²) in [5.74, 6) is -0.549. The Morgan fingerprint density at radius 3 is 2.45 bits per heavy atom. The molecule has 1 aliphatic carbocycles. The van der Waals surface area contributed by atoms with E-state index in [-0.39, 0.29) is 17.4 Å². The highest BCUT2D eigenvalue weighted by molar-refractivity contribution is 6.31. The van der Waals surface area contributed by atoms with Crippen LogP contribution in [0.5, 0.6) is 0 Å². The number of benzene rings is 2. The van der Waals surface area contributed by atoms with Crippen LogP contribution in [-0.4, -0.2) is 43.4 Å². The monoisotopic (exact) mass is 411 g/mol. The molecule has 0 saturated heterocycles. The fourth-order valence-electron chi connectivity index (χ4n) is 3.44. The molecule has 6 heteroatoms. The maximum atomic E-state index is 12.7. The van der Waals surface area contributed by atoms with Crippen molar-refractivity contribution in [3.05, 3.63) is 81.9 Å². The molecule has 152 valence electrons. The molecule has 0 aliphatic heterocycles. The lowest BCUT2D eigenvalue weighted by atomic mass is 9.92. The van der Waals surface area contributed by atoms with Gasteiger partial charge in [-0.1, -0.05) is 54.1 Å². The van der Waals surface area contributed by atoms with Gasteiger partial charge in [-0.3, -0.25) is 9.59 Å². The van der Waals surface area contributed by atoms with E-state index in [4.69, 9.17) is 17.3 Å². The molecule has 3 N–H and O–H groups in total. The van der Waals surface area contributed by atoms with E-state index in [1.54, 1.807) is 12.1 Å². The van der Waals surface area contributed by atoms with Crippen molar-refractivity contribution in [3.8, 4) is 0 Å². The molecule has 2 amide bonds. The van der Waals surface area contributed by atoms with E-state index in [1.807, 2.05) is 56.6 Å². The summed E-state index contributed by atoms with van der Waals surface area (Å²) in [6.07, 6.45) is 2.64. The molecule has 2 aromatic carbocycles. The fourth-order valence-corrected chi connectivity index (χ4v) is 3.70. The van der Waals surface area contributed by atoms with Crippen LogP contribution in [0.25, 0.3) is 0 Å². The summed E-state index contributed by atoms with van der Waals surface area (Å²) in [5, 5.41) is 3.56. The van der Waals surface area contributed by atoms with Gasteiger partial charge in [-0.05, 0) is 50.7 Å². The van der Waals surface area contributed by atoms with Crippen molar-refractivity contribution >= 4 is 23.4 Å². The Morgan fingerprint density at radius 1 is 1.17 bits per heavy atom. The summed E-state index contributed by atoms with van der Waals surface area (Å²) in [5.41, 5.74) is 8.23. The minimum Gasteiger partial charge on any atom is -0.366 e. The van der Waals surface area contributed by atoms with E-state index >= 15 is 0 Å². The van der Waals surface area contributed by atoms with Gasteiger partial charge in [-0.2, -0.15) is 0 Å². The van der Waals surface area contributed by atoms with Crippen LogP contribution in [0.2, 0.25) is 5.02 Å². The zero-order chi connectivity index (χ0) is 21.2. The van der Waals surface area contributed by atoms with Crippen LogP contribution in [0, 0.1) is 0 Å². The molecule has 0 saturated carbocycles. The van der Waals surface area contributed by atoms with Gasteiger partial charge in [0.2, 0.25) is 11.8 Å². The van der Waals surface area contributed by atoms with E-state index in [0.717, 1.165) is 16.7 Å². The van der Waals surface area contributed by atoms with Gasteiger partial charge in [0.25, 0.3) is 0 Å². The van der Waals surface area contributed by atoms with Gasteiger partial charge in [0.05, 0.1) is 0 Å². The molecule has 0 bridgehead atoms. The first-order valence-electron chi connectivity index (χ1n) is 9.54. The molecular formula is C23H26ClN3O2. The lowest BCUT2D eigenvalue weighted by molar-refractivity contribution is -0.117. The Bertz CT molecular complexity index is 956. The second-order valence-corrected chi connectivity index (χ2v) is 8.24. The van der Waals surface area contributed by atoms with Crippen LogP contribution in [-0.2, 0) is 16.6 Å². The Balaban J connectivity index is 1.61. The number of halogens is 1. The standard InChI is InChI=1S/C23H26ClN3O2/c1-23(17-7-5-4-6-8-17)13-19(23)22(29)26-14-18(27(2)3)11-15-9-10-16(21(25)28)12-20(15)24/h4-10,12-13,18H,11,14H2,1-3H3,(H2,25,28)(H,26,29)/t18-,23-/m0/s1. The van der Waals surface area contributed by atoms with Crippen LogP contribution in [0.3, 0.4) is 0 Å². The summed E-state index contributed by atoms with van der Waals surface area (Å²) in [6.45, 7) is 2.54. The number of nitrogens with two attached hydrogens (primary N) is 1. The molecule has 1 aliphatic rings. The Kier molecular flexibility index (Phi) is 6.10. The van der Waals surface area contributed by atoms with Crippen LogP contribution >= 0.6 is 11.6 Å². The second kappa shape index (κ2) is 8.39. The molecule has 0 unspecified atom stereocenters. The molecule has 2 aromatic rings. The van der Waals surface area contributed by atoms with Crippen LogP contribution < -0.4 is 11.1 Å². The van der Waals surface area contributed by atoms with Gasteiger partial charge >= 0.3 is 0 Å². The summed E-state index contributed by atoms with van der Waals surface area (Å²) in [4.78, 5) is 26.0. The first-order chi connectivity index (χ1) is 13.7. The van der Waals surface area contributed by atoms with Gasteiger partial charge < -0.3 is 16.0 Å². The molecule has 2 atom stereocenters. The van der Waals surface area contributed by atoms with Crippen molar-refractivity contribution in [3.63, 3.8) is 0 Å². The molecule has 5 nitrogen and oxygen atoms in total. The van der Waals surface area contributed by atoms with Gasteiger partial charge in [-0.25, -0.2) is 0 Å². The van der Waals surface area contributed by atoms with Crippen LogP contribution in [0.15, 0.2) is 60.2 Å². The average molecular weight is 412 g/mol. The predicted molar refractivity (Wildman–Crippen MR) is 116 cm³/mol. The minimum absolute atomic E-state index is 0.0432. The fraction of sp³-hybridized carbons (Fsp3) is 0.304. The van der Waals surface area contributed by atoms with Gasteiger partial charge in [-0.15, -0.1) is 0 Å². The maximum Gasteiger partial charge on any atom is 0.248 e. The van der Waals surface area contributed by atoms with Crippen LogP contribution in [0.1, 0.15) is 28.4 Å². The molecule has 29 heavy (non-hydrogen) atoms. The predicted octanol–water partition coefficient (Wildman–Crippen LogP) is 2.93. The Hall–Kier alpha value is -2.63. The average Bonchev–Trinajstić information content (AvgIpc) is 3.39. The molecule has 0 aromatic heterocycles. The number of primary amides is 1. The number of likely N-dealkylation sites (N-methyl/N-ethyl adjacent to an activating group) is 1. The highest BCUT2D eigenvalue weighted by atomic mass is 35.5. The number of hydrogen-bond donors (Lipinski definition) is 2. The number of amides is 2. The number of carbonyl (C=O) groups excluding carboxylic acids is 2. The van der Waals surface area contributed by atoms with Gasteiger partial charge in [0.15, 0.2) is 0 Å². The van der Waals surface area contributed by atoms with Crippen LogP contribution in [0.4, 0.5) is 0 Å². The number of rotatable bonds is 8. The summed E-state index contributed by atoms with van der Waals surface area (Å²) < 4.78 is 0. The van der Waals surface area contributed by atoms with Gasteiger partial charge in [0, 0.05) is 34.2 Å². The number of allylic oxidation sites excluding steroid dienone is 1. The summed E-state index contributed by atoms with van der Waals surface area (Å²) in [7, 11) is 3.93. The molecule has 0 radical (unpaired) electrons. The smallest absolute Gasteiger partial charge is 0.248 e. The third-order valence-electron chi connectivity index (χ3n) is 5.55. The third-order valence-corrected chi connectivity index (χ3v) is 5.90. The van der Waals surface area contributed by atoms with Crippen molar-refractivity contribution in [2.75, 3.05) is 20.6 Å². The van der Waals surface area contributed by atoms with Crippen molar-refractivity contribution in [2.24, 2.45) is 5.73 Å². The van der Waals surface area contributed by atoms with E-state index in [2.05, 4.69) is 17.1 Å². The van der Waals surface area contributed by atoms with Crippen molar-refractivity contribution < 1.29 is 9.59 Å². The number of nitrogens with zero attached hydrogens (tertiary/aromatic N) is 1. The quantitative estimate of drug-likeness (QED) is 0.701. The highest BCUT2D eigenvalue weighted by Gasteiger charge is 2.44. The lowest BCUT2D eigenvalue weighted by Crippen LogP contribution is -2.42. The highest BCUT2D eigenvalue weighted by Crippen LogP contribution is 2.46. The van der Waals surface area contributed by atoms with E-state index in [9.17, 15) is 9.59 Å². The Morgan fingerprint density at radius 2 is 1.86 bits per heavy atom. The largest absolute Gasteiger partial charge is 0.366 e.